The molecule has 1 rings (SSSR count). The summed E-state index contributed by atoms with van der Waals surface area (Å²) in [4.78, 5) is 11.3. The minimum atomic E-state index is -4.54. The molecule has 94 valence electrons. The van der Waals surface area contributed by atoms with Gasteiger partial charge in [-0.3, -0.25) is 4.79 Å². The first-order valence-corrected chi connectivity index (χ1v) is 5.89. The van der Waals surface area contributed by atoms with Crippen molar-refractivity contribution in [1.29, 1.82) is 0 Å². The number of rotatable bonds is 3. The maximum Gasteiger partial charge on any atom is 0.418 e. The first-order valence-electron chi connectivity index (χ1n) is 4.81. The third kappa shape index (κ3) is 3.34. The lowest BCUT2D eigenvalue weighted by Gasteiger charge is -2.15. The molecule has 0 radical (unpaired) electrons. The molecule has 2 nitrogen and oxygen atoms in total. The summed E-state index contributed by atoms with van der Waals surface area (Å²) in [5.74, 6) is -0.355. The van der Waals surface area contributed by atoms with Crippen LogP contribution in [0.25, 0.3) is 0 Å². The summed E-state index contributed by atoms with van der Waals surface area (Å²) in [5, 5.41) is 0. The summed E-state index contributed by atoms with van der Waals surface area (Å²) >= 11 is 1.56. The summed E-state index contributed by atoms with van der Waals surface area (Å²) in [7, 11) is 0. The third-order valence-electron chi connectivity index (χ3n) is 2.04. The number of benzene rings is 1. The number of ketones is 1. The molecular formula is C11H10F3IO2. The Hall–Kier alpha value is -0.790. The average molecular weight is 358 g/mol. The van der Waals surface area contributed by atoms with Crippen LogP contribution < -0.4 is 4.74 Å². The number of Topliss-reactive ketones (excluding diaryl/α,β-unsaturated/α-hetero) is 1. The fourth-order valence-electron chi connectivity index (χ4n) is 1.40. The number of carbonyl (C=O) groups excluding carboxylic acids is 1. The van der Waals surface area contributed by atoms with Crippen molar-refractivity contribution in [3.63, 3.8) is 0 Å². The number of alkyl halides is 3. The fraction of sp³-hybridized carbons (Fsp3) is 0.364. The van der Waals surface area contributed by atoms with E-state index >= 15 is 0 Å². The van der Waals surface area contributed by atoms with Crippen LogP contribution in [0, 0.1) is 3.57 Å². The summed E-state index contributed by atoms with van der Waals surface area (Å²) in [6.07, 6.45) is -4.54. The van der Waals surface area contributed by atoms with Gasteiger partial charge in [0.15, 0.2) is 5.78 Å². The van der Waals surface area contributed by atoms with E-state index in [-0.39, 0.29) is 14.9 Å². The maximum absolute atomic E-state index is 12.8. The first-order chi connectivity index (χ1) is 7.77. The lowest BCUT2D eigenvalue weighted by Crippen LogP contribution is -2.14. The highest BCUT2D eigenvalue weighted by atomic mass is 127. The Kier molecular flexibility index (Phi) is 4.40. The van der Waals surface area contributed by atoms with E-state index in [0.717, 1.165) is 13.0 Å². The van der Waals surface area contributed by atoms with Crippen LogP contribution in [0.15, 0.2) is 12.1 Å². The van der Waals surface area contributed by atoms with Crippen LogP contribution in [-0.2, 0) is 6.18 Å². The molecule has 0 aromatic heterocycles. The molecule has 0 unspecified atom stereocenters. The van der Waals surface area contributed by atoms with Gasteiger partial charge in [-0.15, -0.1) is 0 Å². The smallest absolute Gasteiger partial charge is 0.418 e. The van der Waals surface area contributed by atoms with Gasteiger partial charge in [-0.2, -0.15) is 13.2 Å². The monoisotopic (exact) mass is 358 g/mol. The zero-order chi connectivity index (χ0) is 13.2. The van der Waals surface area contributed by atoms with Gasteiger partial charge in [0, 0.05) is 9.13 Å². The third-order valence-corrected chi connectivity index (χ3v) is 2.89. The minimum absolute atomic E-state index is 0.0359. The standard InChI is InChI=1S/C11H10F3IO2/c1-3-17-7-4-8(6(2)16)10(9(15)5-7)11(12,13)14/h4-5H,3H2,1-2H3. The van der Waals surface area contributed by atoms with Crippen molar-refractivity contribution in [1.82, 2.24) is 0 Å². The predicted molar refractivity (Wildman–Crippen MR) is 65.3 cm³/mol. The van der Waals surface area contributed by atoms with Gasteiger partial charge >= 0.3 is 6.18 Å². The Balaban J connectivity index is 3.44. The molecule has 0 bridgehead atoms. The predicted octanol–water partition coefficient (Wildman–Crippen LogP) is 3.91. The van der Waals surface area contributed by atoms with Crippen molar-refractivity contribution in [3.05, 3.63) is 26.8 Å². The zero-order valence-electron chi connectivity index (χ0n) is 9.19. The average Bonchev–Trinajstić information content (AvgIpc) is 2.14. The SMILES string of the molecule is CCOc1cc(I)c(C(F)(F)F)c(C(C)=O)c1. The van der Waals surface area contributed by atoms with Crippen LogP contribution in [0.1, 0.15) is 29.8 Å². The lowest BCUT2D eigenvalue weighted by atomic mass is 10.0. The second-order valence-corrected chi connectivity index (χ2v) is 4.48. The van der Waals surface area contributed by atoms with E-state index in [1.54, 1.807) is 29.5 Å². The summed E-state index contributed by atoms with van der Waals surface area (Å²) in [6.45, 7) is 3.16. The molecule has 0 spiro atoms. The molecule has 0 aliphatic heterocycles. The van der Waals surface area contributed by atoms with Crippen molar-refractivity contribution in [2.75, 3.05) is 6.61 Å². The molecule has 0 saturated heterocycles. The van der Waals surface area contributed by atoms with Crippen LogP contribution in [0.5, 0.6) is 5.75 Å². The fourth-order valence-corrected chi connectivity index (χ4v) is 2.30. The molecule has 0 atom stereocenters. The number of hydrogen-bond donors (Lipinski definition) is 0. The summed E-state index contributed by atoms with van der Waals surface area (Å²) in [6, 6.07) is 2.41. The Bertz CT molecular complexity index is 441. The highest BCUT2D eigenvalue weighted by molar-refractivity contribution is 14.1. The molecule has 17 heavy (non-hydrogen) atoms. The van der Waals surface area contributed by atoms with Gasteiger partial charge in [-0.05, 0) is 48.6 Å². The molecule has 1 aromatic carbocycles. The highest BCUT2D eigenvalue weighted by Gasteiger charge is 2.37. The van der Waals surface area contributed by atoms with E-state index < -0.39 is 17.5 Å². The second-order valence-electron chi connectivity index (χ2n) is 3.31. The van der Waals surface area contributed by atoms with E-state index in [0.29, 0.717) is 6.61 Å². The first kappa shape index (κ1) is 14.3. The number of ether oxygens (including phenoxy) is 1. The van der Waals surface area contributed by atoms with Gasteiger partial charge in [-0.25, -0.2) is 0 Å². The van der Waals surface area contributed by atoms with Crippen molar-refractivity contribution in [2.45, 2.75) is 20.0 Å². The van der Waals surface area contributed by atoms with Crippen LogP contribution >= 0.6 is 22.6 Å². The number of halogens is 4. The van der Waals surface area contributed by atoms with Crippen LogP contribution in [0.2, 0.25) is 0 Å². The Morgan fingerprint density at radius 2 is 2.00 bits per heavy atom. The van der Waals surface area contributed by atoms with Crippen LogP contribution in [0.4, 0.5) is 13.2 Å². The van der Waals surface area contributed by atoms with Gasteiger partial charge in [-0.1, -0.05) is 0 Å². The molecule has 0 saturated carbocycles. The largest absolute Gasteiger partial charge is 0.494 e. The minimum Gasteiger partial charge on any atom is -0.494 e. The molecule has 0 aliphatic rings. The topological polar surface area (TPSA) is 26.3 Å². The van der Waals surface area contributed by atoms with Crippen molar-refractivity contribution < 1.29 is 22.7 Å². The lowest BCUT2D eigenvalue weighted by molar-refractivity contribution is -0.138. The van der Waals surface area contributed by atoms with Crippen LogP contribution in [0.3, 0.4) is 0 Å². The highest BCUT2D eigenvalue weighted by Crippen LogP contribution is 2.37. The Morgan fingerprint density at radius 1 is 1.41 bits per heavy atom. The molecule has 0 heterocycles. The molecule has 0 fully saturated rings. The van der Waals surface area contributed by atoms with Crippen molar-refractivity contribution in [2.24, 2.45) is 0 Å². The molecule has 6 heteroatoms. The summed E-state index contributed by atoms with van der Waals surface area (Å²) < 4.78 is 43.5. The molecule has 0 amide bonds. The van der Waals surface area contributed by atoms with E-state index in [9.17, 15) is 18.0 Å². The van der Waals surface area contributed by atoms with Crippen LogP contribution in [-0.4, -0.2) is 12.4 Å². The van der Waals surface area contributed by atoms with E-state index in [1.165, 1.54) is 6.07 Å². The quantitative estimate of drug-likeness (QED) is 0.605. The molecule has 0 aliphatic carbocycles. The van der Waals surface area contributed by atoms with Gasteiger partial charge in [0.1, 0.15) is 5.75 Å². The Morgan fingerprint density at radius 3 is 2.41 bits per heavy atom. The van der Waals surface area contributed by atoms with Crippen molar-refractivity contribution >= 4 is 28.4 Å². The Labute approximate surface area is 110 Å². The number of carbonyl (C=O) groups is 1. The molecule has 0 N–H and O–H groups in total. The molecular weight excluding hydrogens is 348 g/mol. The van der Waals surface area contributed by atoms with Gasteiger partial charge in [0.2, 0.25) is 0 Å². The van der Waals surface area contributed by atoms with Gasteiger partial charge in [0.05, 0.1) is 12.2 Å². The normalized spacial score (nSPS) is 11.4. The maximum atomic E-state index is 12.8. The summed E-state index contributed by atoms with van der Waals surface area (Å²) in [5.41, 5.74) is -1.25. The number of hydrogen-bond acceptors (Lipinski definition) is 2. The second kappa shape index (κ2) is 5.24. The van der Waals surface area contributed by atoms with Gasteiger partial charge in [0.25, 0.3) is 0 Å². The van der Waals surface area contributed by atoms with E-state index in [1.807, 2.05) is 0 Å². The van der Waals surface area contributed by atoms with Crippen molar-refractivity contribution in [3.8, 4) is 5.75 Å². The van der Waals surface area contributed by atoms with Gasteiger partial charge < -0.3 is 4.74 Å². The van der Waals surface area contributed by atoms with E-state index in [2.05, 4.69) is 0 Å². The van der Waals surface area contributed by atoms with E-state index in [4.69, 9.17) is 4.74 Å². The zero-order valence-corrected chi connectivity index (χ0v) is 11.3. The molecule has 1 aromatic rings.